The van der Waals surface area contributed by atoms with Crippen molar-refractivity contribution in [3.8, 4) is 11.5 Å². The number of sulfone groups is 1. The number of halogens is 1. The summed E-state index contributed by atoms with van der Waals surface area (Å²) in [6, 6.07) is 16.2. The number of anilines is 2. The number of ether oxygens (including phenoxy) is 2. The minimum Gasteiger partial charge on any atom is -0.493 e. The molecule has 3 aromatic carbocycles. The average molecular weight is 641 g/mol. The number of nitrogens with one attached hydrogen (secondary N) is 1. The van der Waals surface area contributed by atoms with Gasteiger partial charge in [0.05, 0.1) is 23.4 Å². The van der Waals surface area contributed by atoms with Crippen LogP contribution in [0.5, 0.6) is 11.5 Å². The van der Waals surface area contributed by atoms with Crippen LogP contribution in [0, 0.1) is 11.2 Å². The molecule has 0 radical (unpaired) electrons. The van der Waals surface area contributed by atoms with Gasteiger partial charge in [0.2, 0.25) is 0 Å². The Morgan fingerprint density at radius 3 is 2.24 bits per heavy atom. The van der Waals surface area contributed by atoms with Crippen molar-refractivity contribution in [1.29, 1.82) is 0 Å². The highest BCUT2D eigenvalue weighted by atomic mass is 32.2. The number of carbonyl (C=O) groups is 2. The Labute approximate surface area is 264 Å². The molecule has 9 nitrogen and oxygen atoms in total. The fourth-order valence-corrected chi connectivity index (χ4v) is 8.02. The van der Waals surface area contributed by atoms with Crippen LogP contribution >= 0.6 is 0 Å². The van der Waals surface area contributed by atoms with E-state index < -0.39 is 45.6 Å². The van der Waals surface area contributed by atoms with Gasteiger partial charge in [-0.3, -0.25) is 4.79 Å². The summed E-state index contributed by atoms with van der Waals surface area (Å²) in [6.07, 6.45) is 5.20. The van der Waals surface area contributed by atoms with Gasteiger partial charge in [0.15, 0.2) is 34.0 Å². The third kappa shape index (κ3) is 7.94. The smallest absolute Gasteiger partial charge is 0.331 e. The fraction of sp³-hybridized carbons (Fsp3) is 0.412. The number of para-hydroxylation sites is 1. The van der Waals surface area contributed by atoms with Crippen LogP contribution in [0.2, 0.25) is 0 Å². The fourth-order valence-electron chi connectivity index (χ4n) is 5.91. The molecule has 0 bridgehead atoms. The van der Waals surface area contributed by atoms with E-state index in [-0.39, 0.29) is 27.7 Å². The van der Waals surface area contributed by atoms with Gasteiger partial charge in [0, 0.05) is 35.3 Å². The normalized spacial score (nSPS) is 15.8. The largest absolute Gasteiger partial charge is 0.493 e. The SMILES string of the molecule is CCCCC1(CCCC)CN(c2ccccc2)c2cc(OC)c(OCC(=O)NC(C(=O)O)c3ccccc3F)cc2S(=O)(=O)C1. The van der Waals surface area contributed by atoms with Gasteiger partial charge in [0.1, 0.15) is 5.82 Å². The van der Waals surface area contributed by atoms with Crippen molar-refractivity contribution in [3.63, 3.8) is 0 Å². The Bertz CT molecular complexity index is 1590. The number of carboxylic acid groups (broad SMARTS) is 1. The van der Waals surface area contributed by atoms with Crippen LogP contribution in [0.4, 0.5) is 15.8 Å². The van der Waals surface area contributed by atoms with Gasteiger partial charge in [-0.05, 0) is 31.0 Å². The summed E-state index contributed by atoms with van der Waals surface area (Å²) in [6.45, 7) is 4.04. The van der Waals surface area contributed by atoms with Crippen molar-refractivity contribution >= 4 is 33.1 Å². The molecule has 0 aromatic heterocycles. The van der Waals surface area contributed by atoms with Crippen LogP contribution in [0.1, 0.15) is 64.0 Å². The number of nitrogens with zero attached hydrogens (tertiary/aromatic N) is 1. The predicted molar refractivity (Wildman–Crippen MR) is 170 cm³/mol. The number of hydrogen-bond acceptors (Lipinski definition) is 7. The van der Waals surface area contributed by atoms with Gasteiger partial charge in [-0.15, -0.1) is 0 Å². The average Bonchev–Trinajstić information content (AvgIpc) is 3.12. The number of carboxylic acids is 1. The van der Waals surface area contributed by atoms with Gasteiger partial charge >= 0.3 is 5.97 Å². The summed E-state index contributed by atoms with van der Waals surface area (Å²) in [5, 5.41) is 11.9. The van der Waals surface area contributed by atoms with Crippen molar-refractivity contribution in [2.45, 2.75) is 63.3 Å². The minimum atomic E-state index is -3.84. The minimum absolute atomic E-state index is 0.00960. The van der Waals surface area contributed by atoms with Crippen molar-refractivity contribution in [2.24, 2.45) is 5.41 Å². The van der Waals surface area contributed by atoms with Crippen LogP contribution < -0.4 is 19.7 Å². The second kappa shape index (κ2) is 14.8. The van der Waals surface area contributed by atoms with E-state index in [9.17, 15) is 27.5 Å². The molecule has 1 heterocycles. The lowest BCUT2D eigenvalue weighted by molar-refractivity contribution is -0.142. The Kier molecular flexibility index (Phi) is 11.1. The van der Waals surface area contributed by atoms with Crippen LogP contribution in [0.15, 0.2) is 71.6 Å². The molecule has 1 aliphatic rings. The Balaban J connectivity index is 1.71. The Morgan fingerprint density at radius 1 is 1.00 bits per heavy atom. The molecule has 1 atom stereocenters. The third-order valence-electron chi connectivity index (χ3n) is 8.18. The summed E-state index contributed by atoms with van der Waals surface area (Å²) in [7, 11) is -2.43. The van der Waals surface area contributed by atoms with E-state index in [0.29, 0.717) is 12.2 Å². The number of fused-ring (bicyclic) bond motifs is 1. The number of unbranched alkanes of at least 4 members (excludes halogenated alkanes) is 2. The van der Waals surface area contributed by atoms with Crippen LogP contribution in [0.25, 0.3) is 0 Å². The molecule has 3 aromatic rings. The molecule has 0 spiro atoms. The lowest BCUT2D eigenvalue weighted by atomic mass is 9.79. The molecule has 1 unspecified atom stereocenters. The predicted octanol–water partition coefficient (Wildman–Crippen LogP) is 6.45. The van der Waals surface area contributed by atoms with E-state index in [1.54, 1.807) is 6.07 Å². The maximum atomic E-state index is 14.3. The molecular weight excluding hydrogens is 599 g/mol. The zero-order valence-electron chi connectivity index (χ0n) is 25.9. The number of rotatable bonds is 14. The number of aliphatic carboxylic acids is 1. The molecule has 0 saturated heterocycles. The highest BCUT2D eigenvalue weighted by Gasteiger charge is 2.42. The van der Waals surface area contributed by atoms with Crippen LogP contribution in [-0.4, -0.2) is 51.4 Å². The summed E-state index contributed by atoms with van der Waals surface area (Å²) in [5.41, 5.74) is 0.598. The Morgan fingerprint density at radius 2 is 1.64 bits per heavy atom. The highest BCUT2D eigenvalue weighted by molar-refractivity contribution is 7.91. The first-order valence-corrected chi connectivity index (χ1v) is 16.9. The maximum Gasteiger partial charge on any atom is 0.331 e. The van der Waals surface area contributed by atoms with Crippen LogP contribution in [0.3, 0.4) is 0 Å². The molecule has 1 amide bonds. The molecule has 0 fully saturated rings. The zero-order chi connectivity index (χ0) is 32.6. The standard InChI is InChI=1S/C34H41FN2O7S/c1-4-6-17-34(18-7-5-2)22-37(24-13-9-8-10-14-24)27-19-28(43-3)29(20-30(27)45(41,42)23-34)44-21-31(38)36-32(33(39)40)25-15-11-12-16-26(25)35/h8-16,19-20,32H,4-7,17-18,21-23H2,1-3H3,(H,36,38)(H,39,40). The van der Waals surface area contributed by atoms with E-state index >= 15 is 0 Å². The van der Waals surface area contributed by atoms with E-state index in [4.69, 9.17) is 9.47 Å². The number of carbonyl (C=O) groups excluding carboxylic acids is 1. The first-order chi connectivity index (χ1) is 21.5. The summed E-state index contributed by atoms with van der Waals surface area (Å²) in [4.78, 5) is 26.8. The monoisotopic (exact) mass is 640 g/mol. The van der Waals surface area contributed by atoms with E-state index in [1.165, 1.54) is 31.4 Å². The summed E-state index contributed by atoms with van der Waals surface area (Å²) < 4.78 is 54.1. The van der Waals surface area contributed by atoms with E-state index in [1.807, 2.05) is 35.2 Å². The van der Waals surface area contributed by atoms with Gasteiger partial charge in [-0.2, -0.15) is 0 Å². The number of hydrogen-bond donors (Lipinski definition) is 2. The molecular formula is C34H41FN2O7S. The molecule has 4 rings (SSSR count). The topological polar surface area (TPSA) is 122 Å². The number of amides is 1. The van der Waals surface area contributed by atoms with Gasteiger partial charge in [-0.25, -0.2) is 17.6 Å². The molecule has 0 saturated carbocycles. The first-order valence-electron chi connectivity index (χ1n) is 15.2. The molecule has 2 N–H and O–H groups in total. The second-order valence-electron chi connectivity index (χ2n) is 11.5. The second-order valence-corrected chi connectivity index (χ2v) is 13.5. The number of benzene rings is 3. The van der Waals surface area contributed by atoms with Gasteiger partial charge in [-0.1, -0.05) is 75.9 Å². The summed E-state index contributed by atoms with van der Waals surface area (Å²) >= 11 is 0. The van der Waals surface area contributed by atoms with Crippen LogP contribution in [-0.2, 0) is 19.4 Å². The highest BCUT2D eigenvalue weighted by Crippen LogP contribution is 2.48. The lowest BCUT2D eigenvalue weighted by Crippen LogP contribution is -2.38. The van der Waals surface area contributed by atoms with Crippen molar-refractivity contribution in [3.05, 3.63) is 78.1 Å². The quantitative estimate of drug-likeness (QED) is 0.206. The molecule has 242 valence electrons. The van der Waals surface area contributed by atoms with Gasteiger partial charge < -0.3 is 24.8 Å². The molecule has 45 heavy (non-hydrogen) atoms. The van der Waals surface area contributed by atoms with Gasteiger partial charge in [0.25, 0.3) is 5.91 Å². The Hall–Kier alpha value is -4.12. The van der Waals surface area contributed by atoms with E-state index in [2.05, 4.69) is 19.2 Å². The molecule has 1 aliphatic heterocycles. The van der Waals surface area contributed by atoms with Crippen molar-refractivity contribution in [2.75, 3.05) is 30.9 Å². The van der Waals surface area contributed by atoms with E-state index in [0.717, 1.165) is 50.3 Å². The summed E-state index contributed by atoms with van der Waals surface area (Å²) in [5.74, 6) is -2.88. The first kappa shape index (κ1) is 33.8. The van der Waals surface area contributed by atoms with Crippen molar-refractivity contribution in [1.82, 2.24) is 5.32 Å². The van der Waals surface area contributed by atoms with Crippen molar-refractivity contribution < 1.29 is 37.0 Å². The molecule has 0 aliphatic carbocycles. The third-order valence-corrected chi connectivity index (χ3v) is 10.2. The number of methoxy groups -OCH3 is 1. The zero-order valence-corrected chi connectivity index (χ0v) is 26.7. The lowest BCUT2D eigenvalue weighted by Gasteiger charge is -2.37. The maximum absolute atomic E-state index is 14.3. The molecule has 11 heteroatoms.